The highest BCUT2D eigenvalue weighted by Crippen LogP contribution is 2.37. The van der Waals surface area contributed by atoms with Crippen LogP contribution in [0, 0.1) is 18.7 Å². The quantitative estimate of drug-likeness (QED) is 0.909. The normalized spacial score (nSPS) is 29.9. The van der Waals surface area contributed by atoms with Crippen LogP contribution in [0.25, 0.3) is 0 Å². The van der Waals surface area contributed by atoms with E-state index in [2.05, 4.69) is 17.3 Å². The minimum atomic E-state index is -0.135. The van der Waals surface area contributed by atoms with Crippen LogP contribution < -0.4 is 5.32 Å². The van der Waals surface area contributed by atoms with Crippen LogP contribution in [0.1, 0.15) is 36.8 Å². The van der Waals surface area contributed by atoms with Gasteiger partial charge in [-0.05, 0) is 75.4 Å². The summed E-state index contributed by atoms with van der Waals surface area (Å²) in [6.07, 6.45) is 5.39. The molecule has 1 N–H and O–H groups in total. The maximum absolute atomic E-state index is 13.2. The molecule has 2 aliphatic heterocycles. The Kier molecular flexibility index (Phi) is 4.08. The summed E-state index contributed by atoms with van der Waals surface area (Å²) < 4.78 is 13.2. The summed E-state index contributed by atoms with van der Waals surface area (Å²) in [6.45, 7) is 3.90. The second-order valence-electron chi connectivity index (χ2n) is 6.59. The Hall–Kier alpha value is -0.930. The number of aryl methyl sites for hydroxylation is 1. The van der Waals surface area contributed by atoms with Gasteiger partial charge in [0.15, 0.2) is 0 Å². The largest absolute Gasteiger partial charge is 0.312 e. The van der Waals surface area contributed by atoms with Crippen molar-refractivity contribution < 1.29 is 4.39 Å². The zero-order chi connectivity index (χ0) is 14.1. The zero-order valence-electron chi connectivity index (χ0n) is 12.5. The lowest BCUT2D eigenvalue weighted by Crippen LogP contribution is -2.42. The van der Waals surface area contributed by atoms with Crippen molar-refractivity contribution in [3.8, 4) is 0 Å². The van der Waals surface area contributed by atoms with Crippen LogP contribution in [0.3, 0.4) is 0 Å². The lowest BCUT2D eigenvalue weighted by molar-refractivity contribution is 0.133. The van der Waals surface area contributed by atoms with E-state index in [0.717, 1.165) is 36.7 Å². The molecule has 2 nitrogen and oxygen atoms in total. The topological polar surface area (TPSA) is 15.3 Å². The predicted molar refractivity (Wildman–Crippen MR) is 80.1 cm³/mol. The van der Waals surface area contributed by atoms with E-state index >= 15 is 0 Å². The molecule has 0 saturated carbocycles. The van der Waals surface area contributed by atoms with Gasteiger partial charge in [0, 0.05) is 18.6 Å². The number of piperidine rings is 1. The first-order valence-corrected chi connectivity index (χ1v) is 7.81. The van der Waals surface area contributed by atoms with E-state index in [9.17, 15) is 4.39 Å². The Morgan fingerprint density at radius 1 is 1.25 bits per heavy atom. The molecule has 2 saturated heterocycles. The second kappa shape index (κ2) is 5.82. The fourth-order valence-corrected chi connectivity index (χ4v) is 3.93. The van der Waals surface area contributed by atoms with E-state index in [1.807, 2.05) is 13.0 Å². The first kappa shape index (κ1) is 14.0. The van der Waals surface area contributed by atoms with Gasteiger partial charge < -0.3 is 10.2 Å². The summed E-state index contributed by atoms with van der Waals surface area (Å²) in [6, 6.07) is 6.66. The number of halogens is 1. The van der Waals surface area contributed by atoms with Crippen molar-refractivity contribution in [3.05, 3.63) is 35.1 Å². The van der Waals surface area contributed by atoms with Crippen molar-refractivity contribution >= 4 is 0 Å². The number of rotatable bonds is 4. The van der Waals surface area contributed by atoms with Gasteiger partial charge in [-0.25, -0.2) is 4.39 Å². The smallest absolute Gasteiger partial charge is 0.123 e. The number of fused-ring (bicyclic) bond motifs is 2. The van der Waals surface area contributed by atoms with E-state index in [4.69, 9.17) is 0 Å². The lowest BCUT2D eigenvalue weighted by atomic mass is 9.91. The van der Waals surface area contributed by atoms with E-state index < -0.39 is 0 Å². The lowest BCUT2D eigenvalue weighted by Gasteiger charge is -2.36. The molecule has 0 amide bonds. The first-order chi connectivity index (χ1) is 9.63. The van der Waals surface area contributed by atoms with Crippen molar-refractivity contribution in [2.45, 2.75) is 51.2 Å². The fraction of sp³-hybridized carbons (Fsp3) is 0.647. The minimum Gasteiger partial charge on any atom is -0.312 e. The van der Waals surface area contributed by atoms with Gasteiger partial charge in [0.05, 0.1) is 0 Å². The molecule has 2 heterocycles. The average molecular weight is 276 g/mol. The zero-order valence-corrected chi connectivity index (χ0v) is 12.5. The Labute approximate surface area is 121 Å². The summed E-state index contributed by atoms with van der Waals surface area (Å²) in [5, 5.41) is 3.54. The molecule has 2 bridgehead atoms. The molecule has 3 rings (SSSR count). The highest BCUT2D eigenvalue weighted by Gasteiger charge is 2.37. The van der Waals surface area contributed by atoms with Gasteiger partial charge in [0.25, 0.3) is 0 Å². The van der Waals surface area contributed by atoms with Gasteiger partial charge in [-0.1, -0.05) is 6.07 Å². The Morgan fingerprint density at radius 2 is 1.95 bits per heavy atom. The minimum absolute atomic E-state index is 0.135. The molecule has 3 heteroatoms. The van der Waals surface area contributed by atoms with Gasteiger partial charge in [-0.2, -0.15) is 0 Å². The van der Waals surface area contributed by atoms with Crippen LogP contribution in [-0.2, 0) is 6.54 Å². The molecule has 2 atom stereocenters. The van der Waals surface area contributed by atoms with Crippen molar-refractivity contribution in [3.63, 3.8) is 0 Å². The van der Waals surface area contributed by atoms with E-state index in [-0.39, 0.29) is 5.82 Å². The predicted octanol–water partition coefficient (Wildman–Crippen LogP) is 3.10. The molecular weight excluding hydrogens is 251 g/mol. The maximum Gasteiger partial charge on any atom is 0.123 e. The molecule has 110 valence electrons. The third-order valence-electron chi connectivity index (χ3n) is 5.26. The molecule has 0 aliphatic carbocycles. The molecule has 2 unspecified atom stereocenters. The average Bonchev–Trinajstić information content (AvgIpc) is 2.65. The van der Waals surface area contributed by atoms with Crippen LogP contribution in [0.4, 0.5) is 4.39 Å². The Balaban J connectivity index is 1.50. The molecule has 1 aromatic rings. The summed E-state index contributed by atoms with van der Waals surface area (Å²) >= 11 is 0. The number of hydrogen-bond acceptors (Lipinski definition) is 2. The first-order valence-electron chi connectivity index (χ1n) is 7.81. The molecule has 1 aromatic carbocycles. The van der Waals surface area contributed by atoms with Gasteiger partial charge >= 0.3 is 0 Å². The second-order valence-corrected chi connectivity index (χ2v) is 6.59. The SMILES string of the molecule is Cc1ccc(F)cc1CNCC1CC2CCC(C1)N2C. The Bertz CT molecular complexity index is 460. The van der Waals surface area contributed by atoms with E-state index in [0.29, 0.717) is 0 Å². The number of nitrogens with one attached hydrogen (secondary N) is 1. The molecule has 2 aliphatic rings. The van der Waals surface area contributed by atoms with Gasteiger partial charge in [-0.15, -0.1) is 0 Å². The highest BCUT2D eigenvalue weighted by atomic mass is 19.1. The molecular formula is C17H25FN2. The Morgan fingerprint density at radius 3 is 2.65 bits per heavy atom. The molecule has 20 heavy (non-hydrogen) atoms. The fourth-order valence-electron chi connectivity index (χ4n) is 3.93. The van der Waals surface area contributed by atoms with Gasteiger partial charge in [0.1, 0.15) is 5.82 Å². The highest BCUT2D eigenvalue weighted by molar-refractivity contribution is 5.26. The van der Waals surface area contributed by atoms with Crippen LogP contribution in [-0.4, -0.2) is 30.6 Å². The van der Waals surface area contributed by atoms with Crippen LogP contribution >= 0.6 is 0 Å². The monoisotopic (exact) mass is 276 g/mol. The van der Waals surface area contributed by atoms with E-state index in [1.165, 1.54) is 37.3 Å². The van der Waals surface area contributed by atoms with Crippen LogP contribution in [0.5, 0.6) is 0 Å². The van der Waals surface area contributed by atoms with Crippen molar-refractivity contribution in [1.82, 2.24) is 10.2 Å². The van der Waals surface area contributed by atoms with E-state index in [1.54, 1.807) is 6.07 Å². The molecule has 0 aromatic heterocycles. The maximum atomic E-state index is 13.2. The van der Waals surface area contributed by atoms with Crippen LogP contribution in [0.2, 0.25) is 0 Å². The van der Waals surface area contributed by atoms with Crippen LogP contribution in [0.15, 0.2) is 18.2 Å². The number of nitrogens with zero attached hydrogens (tertiary/aromatic N) is 1. The number of hydrogen-bond donors (Lipinski definition) is 1. The summed E-state index contributed by atoms with van der Waals surface area (Å²) in [5.41, 5.74) is 2.25. The summed E-state index contributed by atoms with van der Waals surface area (Å²) in [5.74, 6) is 0.655. The van der Waals surface area contributed by atoms with Crippen molar-refractivity contribution in [1.29, 1.82) is 0 Å². The van der Waals surface area contributed by atoms with Crippen molar-refractivity contribution in [2.75, 3.05) is 13.6 Å². The third-order valence-corrected chi connectivity index (χ3v) is 5.26. The molecule has 0 radical (unpaired) electrons. The summed E-state index contributed by atoms with van der Waals surface area (Å²) in [7, 11) is 2.28. The molecule has 2 fully saturated rings. The standard InChI is InChI=1S/C17H25FN2/c1-12-3-4-15(18)9-14(12)11-19-10-13-7-16-5-6-17(8-13)20(16)2/h3-4,9,13,16-17,19H,5-8,10-11H2,1-2H3. The summed E-state index contributed by atoms with van der Waals surface area (Å²) in [4.78, 5) is 2.58. The van der Waals surface area contributed by atoms with Crippen molar-refractivity contribution in [2.24, 2.45) is 5.92 Å². The van der Waals surface area contributed by atoms with Gasteiger partial charge in [-0.3, -0.25) is 0 Å². The van der Waals surface area contributed by atoms with Gasteiger partial charge in [0.2, 0.25) is 0 Å². The third kappa shape index (κ3) is 2.89. The number of benzene rings is 1. The molecule has 0 spiro atoms.